The molecule has 0 bridgehead atoms. The zero-order valence-corrected chi connectivity index (χ0v) is 19.5. The van der Waals surface area contributed by atoms with Gasteiger partial charge in [-0.3, -0.25) is 9.59 Å². The Morgan fingerprint density at radius 1 is 0.971 bits per heavy atom. The average Bonchev–Trinajstić information content (AvgIpc) is 3.42. The molecule has 34 heavy (non-hydrogen) atoms. The molecule has 4 rings (SSSR count). The highest BCUT2D eigenvalue weighted by molar-refractivity contribution is 7.12. The molecule has 3 aromatic rings. The Labute approximate surface area is 201 Å². The van der Waals surface area contributed by atoms with Crippen LogP contribution in [0.3, 0.4) is 0 Å². The van der Waals surface area contributed by atoms with Crippen molar-refractivity contribution < 1.29 is 23.5 Å². The van der Waals surface area contributed by atoms with Crippen molar-refractivity contribution in [2.75, 3.05) is 49.6 Å². The summed E-state index contributed by atoms with van der Waals surface area (Å²) in [4.78, 5) is 43.5. The summed E-state index contributed by atoms with van der Waals surface area (Å²) in [6.45, 7) is 1.37. The molecule has 0 N–H and O–H groups in total. The molecule has 0 aliphatic carbocycles. The first-order valence-corrected chi connectivity index (χ1v) is 11.7. The predicted octanol–water partition coefficient (Wildman–Crippen LogP) is 3.67. The van der Waals surface area contributed by atoms with Crippen molar-refractivity contribution >= 4 is 40.5 Å². The van der Waals surface area contributed by atoms with Gasteiger partial charge >= 0.3 is 5.97 Å². The lowest BCUT2D eigenvalue weighted by molar-refractivity contribution is -0.134. The van der Waals surface area contributed by atoms with E-state index in [1.54, 1.807) is 66.5 Å². The zero-order chi connectivity index (χ0) is 24.1. The summed E-state index contributed by atoms with van der Waals surface area (Å²) < 4.78 is 19.3. The normalized spacial score (nSPS) is 13.5. The van der Waals surface area contributed by atoms with Crippen LogP contribution in [0.1, 0.15) is 20.0 Å². The summed E-state index contributed by atoms with van der Waals surface area (Å²) in [5.74, 6) is -1.53. The van der Waals surface area contributed by atoms with Crippen molar-refractivity contribution in [1.82, 2.24) is 4.90 Å². The number of ether oxygens (including phenoxy) is 1. The van der Waals surface area contributed by atoms with Gasteiger partial charge in [0.1, 0.15) is 5.82 Å². The average molecular weight is 482 g/mol. The van der Waals surface area contributed by atoms with Crippen LogP contribution in [0.15, 0.2) is 66.0 Å². The highest BCUT2D eigenvalue weighted by Crippen LogP contribution is 2.24. The Morgan fingerprint density at radius 2 is 1.68 bits per heavy atom. The number of amides is 2. The van der Waals surface area contributed by atoms with Crippen LogP contribution in [-0.4, -0.2) is 62.5 Å². The molecule has 1 aromatic heterocycles. The maximum absolute atomic E-state index is 14.0. The van der Waals surface area contributed by atoms with E-state index in [9.17, 15) is 18.8 Å². The SMILES string of the molecule is CN(C(=O)c1cccs1)c1ccccc1C(=O)OCC(=O)N1CCN(c2ccccc2F)CC1. The van der Waals surface area contributed by atoms with Gasteiger partial charge in [-0.1, -0.05) is 30.3 Å². The number of rotatable bonds is 6. The second-order valence-corrected chi connectivity index (χ2v) is 8.70. The van der Waals surface area contributed by atoms with Gasteiger partial charge in [-0.05, 0) is 35.7 Å². The predicted molar refractivity (Wildman–Crippen MR) is 129 cm³/mol. The summed E-state index contributed by atoms with van der Waals surface area (Å²) >= 11 is 1.32. The molecular formula is C25H24FN3O4S. The molecule has 1 aliphatic rings. The lowest BCUT2D eigenvalue weighted by Gasteiger charge is -2.36. The lowest BCUT2D eigenvalue weighted by Crippen LogP contribution is -2.50. The maximum Gasteiger partial charge on any atom is 0.340 e. The highest BCUT2D eigenvalue weighted by atomic mass is 32.1. The third-order valence-corrected chi connectivity index (χ3v) is 6.53. The van der Waals surface area contributed by atoms with Crippen LogP contribution in [0.4, 0.5) is 15.8 Å². The molecule has 0 atom stereocenters. The molecule has 0 spiro atoms. The number of benzene rings is 2. The molecule has 0 unspecified atom stereocenters. The van der Waals surface area contributed by atoms with Gasteiger partial charge in [-0.15, -0.1) is 11.3 Å². The largest absolute Gasteiger partial charge is 0.452 e. The van der Waals surface area contributed by atoms with Crippen molar-refractivity contribution in [3.63, 3.8) is 0 Å². The Morgan fingerprint density at radius 3 is 2.38 bits per heavy atom. The molecule has 1 aliphatic heterocycles. The monoisotopic (exact) mass is 481 g/mol. The standard InChI is InChI=1S/C25H24FN3O4S/c1-27(24(31)22-11-6-16-34-22)20-9-4-2-7-18(20)25(32)33-17-23(30)29-14-12-28(13-15-29)21-10-5-3-8-19(21)26/h2-11,16H,12-15,17H2,1H3. The molecule has 7 nitrogen and oxygen atoms in total. The van der Waals surface area contributed by atoms with E-state index in [4.69, 9.17) is 4.74 Å². The maximum atomic E-state index is 14.0. The molecule has 2 heterocycles. The molecular weight excluding hydrogens is 457 g/mol. The van der Waals surface area contributed by atoms with Gasteiger partial charge in [0.25, 0.3) is 11.8 Å². The van der Waals surface area contributed by atoms with Crippen LogP contribution in [-0.2, 0) is 9.53 Å². The number of hydrogen-bond acceptors (Lipinski definition) is 6. The van der Waals surface area contributed by atoms with E-state index in [-0.39, 0.29) is 23.2 Å². The van der Waals surface area contributed by atoms with Gasteiger partial charge in [0.15, 0.2) is 6.61 Å². The Balaban J connectivity index is 1.34. The van der Waals surface area contributed by atoms with Crippen LogP contribution in [0, 0.1) is 5.82 Å². The minimum atomic E-state index is -0.681. The minimum absolute atomic E-state index is 0.201. The fourth-order valence-electron chi connectivity index (χ4n) is 3.81. The van der Waals surface area contributed by atoms with Gasteiger partial charge in [-0.2, -0.15) is 0 Å². The molecule has 0 radical (unpaired) electrons. The lowest BCUT2D eigenvalue weighted by atomic mass is 10.1. The summed E-state index contributed by atoms with van der Waals surface area (Å²) in [7, 11) is 1.59. The van der Waals surface area contributed by atoms with Crippen LogP contribution in [0.25, 0.3) is 0 Å². The van der Waals surface area contributed by atoms with E-state index in [0.29, 0.717) is 42.4 Å². The molecule has 1 saturated heterocycles. The number of piperazine rings is 1. The number of thiophene rings is 1. The van der Waals surface area contributed by atoms with E-state index >= 15 is 0 Å². The third-order valence-electron chi connectivity index (χ3n) is 5.67. The van der Waals surface area contributed by atoms with Gasteiger partial charge in [-0.25, -0.2) is 9.18 Å². The molecule has 1 fully saturated rings. The van der Waals surface area contributed by atoms with Crippen molar-refractivity contribution in [2.24, 2.45) is 0 Å². The first kappa shape index (κ1) is 23.4. The van der Waals surface area contributed by atoms with E-state index in [1.165, 1.54) is 22.3 Å². The van der Waals surface area contributed by atoms with Gasteiger partial charge in [0.05, 0.1) is 21.8 Å². The number of nitrogens with zero attached hydrogens (tertiary/aromatic N) is 3. The van der Waals surface area contributed by atoms with Crippen LogP contribution in [0.2, 0.25) is 0 Å². The number of para-hydroxylation sites is 2. The second-order valence-electron chi connectivity index (χ2n) is 7.75. The Kier molecular flexibility index (Phi) is 7.22. The molecule has 0 saturated carbocycles. The molecule has 2 aromatic carbocycles. The highest BCUT2D eigenvalue weighted by Gasteiger charge is 2.25. The van der Waals surface area contributed by atoms with Crippen LogP contribution in [0.5, 0.6) is 0 Å². The van der Waals surface area contributed by atoms with Crippen molar-refractivity contribution in [3.05, 3.63) is 82.3 Å². The van der Waals surface area contributed by atoms with Crippen molar-refractivity contribution in [3.8, 4) is 0 Å². The summed E-state index contributed by atoms with van der Waals surface area (Å²) in [5.41, 5.74) is 1.11. The van der Waals surface area contributed by atoms with E-state index < -0.39 is 12.6 Å². The van der Waals surface area contributed by atoms with Crippen LogP contribution < -0.4 is 9.80 Å². The van der Waals surface area contributed by atoms with Gasteiger partial charge in [0.2, 0.25) is 0 Å². The number of hydrogen-bond donors (Lipinski definition) is 0. The van der Waals surface area contributed by atoms with Crippen molar-refractivity contribution in [1.29, 1.82) is 0 Å². The number of esters is 1. The van der Waals surface area contributed by atoms with E-state index in [0.717, 1.165) is 0 Å². The quantitative estimate of drug-likeness (QED) is 0.503. The first-order valence-electron chi connectivity index (χ1n) is 10.8. The van der Waals surface area contributed by atoms with Gasteiger partial charge in [0, 0.05) is 33.2 Å². The van der Waals surface area contributed by atoms with E-state index in [2.05, 4.69) is 0 Å². The summed E-state index contributed by atoms with van der Waals surface area (Å²) in [6, 6.07) is 16.7. The van der Waals surface area contributed by atoms with Gasteiger partial charge < -0.3 is 19.4 Å². The smallest absolute Gasteiger partial charge is 0.340 e. The third kappa shape index (κ3) is 5.09. The Bertz CT molecular complexity index is 1180. The molecule has 9 heteroatoms. The fourth-order valence-corrected chi connectivity index (χ4v) is 4.51. The summed E-state index contributed by atoms with van der Waals surface area (Å²) in [6.07, 6.45) is 0. The zero-order valence-electron chi connectivity index (χ0n) is 18.6. The topological polar surface area (TPSA) is 70.2 Å². The minimum Gasteiger partial charge on any atom is -0.452 e. The molecule has 2 amide bonds. The van der Waals surface area contributed by atoms with Crippen LogP contribution >= 0.6 is 11.3 Å². The van der Waals surface area contributed by atoms with Crippen molar-refractivity contribution in [2.45, 2.75) is 0 Å². The second kappa shape index (κ2) is 10.5. The number of anilines is 2. The van der Waals surface area contributed by atoms with E-state index in [1.807, 2.05) is 10.3 Å². The Hall–Kier alpha value is -3.72. The fraction of sp³-hybridized carbons (Fsp3) is 0.240. The number of carbonyl (C=O) groups excluding carboxylic acids is 3. The number of carbonyl (C=O) groups is 3. The number of halogens is 1. The summed E-state index contributed by atoms with van der Waals surface area (Å²) in [5, 5.41) is 1.81. The first-order chi connectivity index (χ1) is 16.5. The molecule has 176 valence electrons.